The smallest absolute Gasteiger partial charge is 0.397 e. The zero-order chi connectivity index (χ0) is 29.2. The summed E-state index contributed by atoms with van der Waals surface area (Å²) >= 11 is 0. The Morgan fingerprint density at radius 2 is 1.85 bits per heavy atom. The van der Waals surface area contributed by atoms with E-state index in [0.717, 1.165) is 36.2 Å². The molecule has 1 aromatic heterocycles. The second-order valence-corrected chi connectivity index (χ2v) is 10.3. The number of piperidine rings is 1. The molecule has 0 atom stereocenters. The molecule has 0 unspecified atom stereocenters. The van der Waals surface area contributed by atoms with Gasteiger partial charge < -0.3 is 20.9 Å². The van der Waals surface area contributed by atoms with Gasteiger partial charge in [-0.25, -0.2) is 5.84 Å². The van der Waals surface area contributed by atoms with Crippen LogP contribution < -0.4 is 26.8 Å². The highest BCUT2D eigenvalue weighted by Crippen LogP contribution is 2.35. The Morgan fingerprint density at radius 3 is 2.45 bits per heavy atom. The molecule has 9 nitrogen and oxygen atoms in total. The lowest BCUT2D eigenvalue weighted by Crippen LogP contribution is -2.42. The van der Waals surface area contributed by atoms with Gasteiger partial charge in [0.25, 0.3) is 5.91 Å². The van der Waals surface area contributed by atoms with E-state index in [0.29, 0.717) is 41.8 Å². The summed E-state index contributed by atoms with van der Waals surface area (Å²) in [7, 11) is 4.01. The number of nitrogens with two attached hydrogens (primary N) is 2. The van der Waals surface area contributed by atoms with Gasteiger partial charge in [-0.1, -0.05) is 6.07 Å². The van der Waals surface area contributed by atoms with Crippen LogP contribution in [0, 0.1) is 13.8 Å². The third kappa shape index (κ3) is 6.57. The summed E-state index contributed by atoms with van der Waals surface area (Å²) in [6, 6.07) is 8.93. The predicted octanol–water partition coefficient (Wildman–Crippen LogP) is 4.47. The molecule has 0 radical (unpaired) electrons. The summed E-state index contributed by atoms with van der Waals surface area (Å²) in [6.45, 7) is 4.90. The summed E-state index contributed by atoms with van der Waals surface area (Å²) in [4.78, 5) is 17.3. The number of carbonyl (C=O) groups is 1. The number of H-pyrrole nitrogens is 1. The Bertz CT molecular complexity index is 1390. The number of anilines is 3. The van der Waals surface area contributed by atoms with Crippen LogP contribution in [0.25, 0.3) is 5.70 Å². The molecule has 2 heterocycles. The van der Waals surface area contributed by atoms with Crippen molar-refractivity contribution in [3.63, 3.8) is 0 Å². The van der Waals surface area contributed by atoms with E-state index >= 15 is 0 Å². The number of aromatic nitrogens is 2. The van der Waals surface area contributed by atoms with Crippen LogP contribution in [0.4, 0.5) is 30.2 Å². The Balaban J connectivity index is 1.57. The second-order valence-electron chi connectivity index (χ2n) is 10.3. The highest BCUT2D eigenvalue weighted by molar-refractivity contribution is 6.05. The van der Waals surface area contributed by atoms with Crippen molar-refractivity contribution >= 4 is 28.7 Å². The number of rotatable bonds is 7. The van der Waals surface area contributed by atoms with Gasteiger partial charge >= 0.3 is 6.18 Å². The van der Waals surface area contributed by atoms with Crippen LogP contribution in [0.1, 0.15) is 45.6 Å². The number of amides is 1. The number of hydrogen-bond acceptors (Lipinski definition) is 7. The molecule has 6 N–H and O–H groups in total. The molecule has 3 aromatic rings. The molecule has 1 saturated heterocycles. The van der Waals surface area contributed by atoms with Gasteiger partial charge in [-0.15, -0.1) is 0 Å². The van der Waals surface area contributed by atoms with E-state index in [1.54, 1.807) is 30.5 Å². The van der Waals surface area contributed by atoms with Crippen LogP contribution in [-0.4, -0.2) is 54.2 Å². The van der Waals surface area contributed by atoms with Crippen LogP contribution in [0.5, 0.6) is 0 Å². The normalized spacial score (nSPS) is 15.0. The molecule has 214 valence electrons. The number of aromatic amines is 1. The molecular formula is C28H35F3N8O. The SMILES string of the molecule is Cc1ccc(C(=O)Nc2cc(N3CCC(N(C)C)CC3)cc(C(F)(F)F)c2)cc1N(N)/C=C(\N)c1cn[nH]c1C. The number of nitrogens with zero attached hydrogens (tertiary/aromatic N) is 4. The monoisotopic (exact) mass is 556 g/mol. The van der Waals surface area contributed by atoms with Crippen molar-refractivity contribution in [1.29, 1.82) is 0 Å². The average Bonchev–Trinajstić information content (AvgIpc) is 3.34. The van der Waals surface area contributed by atoms with Crippen molar-refractivity contribution in [1.82, 2.24) is 15.1 Å². The maximum Gasteiger partial charge on any atom is 0.416 e. The van der Waals surface area contributed by atoms with E-state index in [9.17, 15) is 18.0 Å². The zero-order valence-corrected chi connectivity index (χ0v) is 23.0. The van der Waals surface area contributed by atoms with E-state index in [1.807, 2.05) is 32.8 Å². The highest BCUT2D eigenvalue weighted by Gasteiger charge is 2.32. The Kier molecular flexibility index (Phi) is 8.40. The number of halogens is 3. The first kappa shape index (κ1) is 29.0. The van der Waals surface area contributed by atoms with Crippen molar-refractivity contribution in [2.24, 2.45) is 11.6 Å². The molecule has 0 bridgehead atoms. The number of benzene rings is 2. The molecule has 1 fully saturated rings. The Labute approximate surface area is 231 Å². The van der Waals surface area contributed by atoms with Gasteiger partial charge in [-0.05, 0) is 76.7 Å². The van der Waals surface area contributed by atoms with Crippen molar-refractivity contribution in [2.45, 2.75) is 38.9 Å². The summed E-state index contributed by atoms with van der Waals surface area (Å²) in [5, 5.41) is 10.7. The quantitative estimate of drug-likeness (QED) is 0.251. The van der Waals surface area contributed by atoms with Crippen LogP contribution >= 0.6 is 0 Å². The van der Waals surface area contributed by atoms with Crippen LogP contribution in [-0.2, 0) is 6.18 Å². The molecule has 0 aliphatic carbocycles. The summed E-state index contributed by atoms with van der Waals surface area (Å²) in [5.74, 6) is 5.69. The minimum absolute atomic E-state index is 0.0656. The molecule has 12 heteroatoms. The third-order valence-corrected chi connectivity index (χ3v) is 7.23. The fourth-order valence-corrected chi connectivity index (χ4v) is 4.83. The first-order valence-electron chi connectivity index (χ1n) is 12.9. The van der Waals surface area contributed by atoms with Gasteiger partial charge in [-0.3, -0.25) is 14.9 Å². The Hall–Kier alpha value is -4.03. The molecule has 1 aliphatic heterocycles. The van der Waals surface area contributed by atoms with Crippen molar-refractivity contribution in [3.05, 3.63) is 76.7 Å². The molecule has 1 amide bonds. The summed E-state index contributed by atoms with van der Waals surface area (Å²) in [5.41, 5.74) is 9.19. The molecule has 40 heavy (non-hydrogen) atoms. The lowest BCUT2D eigenvalue weighted by Gasteiger charge is -2.36. The van der Waals surface area contributed by atoms with Crippen molar-refractivity contribution in [3.8, 4) is 0 Å². The fourth-order valence-electron chi connectivity index (χ4n) is 4.83. The number of hydrazine groups is 1. The number of nitrogens with one attached hydrogen (secondary N) is 2. The molecule has 0 saturated carbocycles. The first-order valence-corrected chi connectivity index (χ1v) is 12.9. The van der Waals surface area contributed by atoms with Crippen LogP contribution in [0.15, 0.2) is 48.8 Å². The van der Waals surface area contributed by atoms with E-state index in [1.165, 1.54) is 11.2 Å². The maximum atomic E-state index is 13.8. The number of alkyl halides is 3. The number of hydrogen-bond donors (Lipinski definition) is 4. The van der Waals surface area contributed by atoms with Crippen molar-refractivity contribution in [2.75, 3.05) is 42.4 Å². The predicted molar refractivity (Wildman–Crippen MR) is 152 cm³/mol. The largest absolute Gasteiger partial charge is 0.416 e. The van der Waals surface area contributed by atoms with E-state index in [2.05, 4.69) is 20.4 Å². The number of aryl methyl sites for hydroxylation is 2. The summed E-state index contributed by atoms with van der Waals surface area (Å²) in [6.07, 6.45) is 0.214. The van der Waals surface area contributed by atoms with Crippen LogP contribution in [0.3, 0.4) is 0 Å². The second kappa shape index (κ2) is 11.6. The Morgan fingerprint density at radius 1 is 1.15 bits per heavy atom. The fraction of sp³-hybridized carbons (Fsp3) is 0.357. The van der Waals surface area contributed by atoms with Gasteiger partial charge in [0.15, 0.2) is 0 Å². The number of carbonyl (C=O) groups excluding carboxylic acids is 1. The average molecular weight is 557 g/mol. The van der Waals surface area contributed by atoms with E-state index < -0.39 is 17.6 Å². The first-order chi connectivity index (χ1) is 18.8. The standard InChI is InChI=1S/C28H35F3N8O/c1-17-5-6-19(11-26(17)39(33)16-25(32)24-15-34-36-18(24)2)27(40)35-21-12-20(28(29,30)31)13-23(14-21)38-9-7-22(8-10-38)37(3)4/h5-6,11-16,22H,7-10,32-33H2,1-4H3,(H,34,36)(H,35,40)/b25-16-. The summed E-state index contributed by atoms with van der Waals surface area (Å²) < 4.78 is 41.3. The zero-order valence-electron chi connectivity index (χ0n) is 23.0. The van der Waals surface area contributed by atoms with Gasteiger partial charge in [0.2, 0.25) is 0 Å². The van der Waals surface area contributed by atoms with Gasteiger partial charge in [0.1, 0.15) is 0 Å². The van der Waals surface area contributed by atoms with Gasteiger partial charge in [-0.2, -0.15) is 18.3 Å². The topological polar surface area (TPSA) is 120 Å². The van der Waals surface area contributed by atoms with E-state index in [4.69, 9.17) is 11.6 Å². The third-order valence-electron chi connectivity index (χ3n) is 7.23. The van der Waals surface area contributed by atoms with Gasteiger partial charge in [0, 0.05) is 53.5 Å². The highest BCUT2D eigenvalue weighted by atomic mass is 19.4. The molecular weight excluding hydrogens is 521 g/mol. The lowest BCUT2D eigenvalue weighted by molar-refractivity contribution is -0.137. The molecule has 2 aromatic carbocycles. The molecule has 4 rings (SSSR count). The molecule has 0 spiro atoms. The van der Waals surface area contributed by atoms with Crippen LogP contribution in [0.2, 0.25) is 0 Å². The molecule has 1 aliphatic rings. The van der Waals surface area contributed by atoms with Gasteiger partial charge in [0.05, 0.1) is 23.1 Å². The maximum absolute atomic E-state index is 13.8. The van der Waals surface area contributed by atoms with E-state index in [-0.39, 0.29) is 11.3 Å². The lowest BCUT2D eigenvalue weighted by atomic mass is 10.0. The minimum atomic E-state index is -4.56. The minimum Gasteiger partial charge on any atom is -0.397 e. The van der Waals surface area contributed by atoms with Crippen molar-refractivity contribution < 1.29 is 18.0 Å².